The Morgan fingerprint density at radius 1 is 1.45 bits per heavy atom. The molecule has 2 amide bonds. The van der Waals surface area contributed by atoms with E-state index >= 15 is 0 Å². The molecule has 110 valence electrons. The number of rotatable bonds is 5. The summed E-state index contributed by atoms with van der Waals surface area (Å²) in [7, 11) is 1.62. The minimum atomic E-state index is -0.507. The number of anilines is 1. The fourth-order valence-corrected chi connectivity index (χ4v) is 2.31. The molecule has 2 atom stereocenters. The van der Waals surface area contributed by atoms with Crippen LogP contribution in [0.25, 0.3) is 0 Å². The van der Waals surface area contributed by atoms with Crippen molar-refractivity contribution in [3.05, 3.63) is 12.4 Å². The average molecular weight is 280 g/mol. The van der Waals surface area contributed by atoms with E-state index in [2.05, 4.69) is 10.4 Å². The molecule has 1 N–H and O–H groups in total. The first kappa shape index (κ1) is 14.5. The molecule has 7 heteroatoms. The number of nitrogens with zero attached hydrogens (tertiary/aromatic N) is 3. The van der Waals surface area contributed by atoms with Crippen LogP contribution in [-0.2, 0) is 20.9 Å². The molecule has 1 fully saturated rings. The first-order valence-electron chi connectivity index (χ1n) is 6.73. The van der Waals surface area contributed by atoms with Crippen molar-refractivity contribution in [2.45, 2.75) is 38.9 Å². The third kappa shape index (κ3) is 2.67. The molecule has 1 aromatic rings. The van der Waals surface area contributed by atoms with Crippen molar-refractivity contribution in [2.75, 3.05) is 18.6 Å². The molecule has 0 radical (unpaired) electrons. The van der Waals surface area contributed by atoms with Crippen LogP contribution in [0.5, 0.6) is 0 Å². The Morgan fingerprint density at radius 3 is 2.85 bits per heavy atom. The van der Waals surface area contributed by atoms with Crippen molar-refractivity contribution in [2.24, 2.45) is 0 Å². The van der Waals surface area contributed by atoms with Crippen LogP contribution in [-0.4, -0.2) is 47.4 Å². The maximum Gasteiger partial charge on any atom is 0.250 e. The van der Waals surface area contributed by atoms with Gasteiger partial charge in [0.25, 0.3) is 0 Å². The van der Waals surface area contributed by atoms with E-state index in [1.54, 1.807) is 36.0 Å². The summed E-state index contributed by atoms with van der Waals surface area (Å²) in [4.78, 5) is 25.8. The molecule has 1 aliphatic rings. The van der Waals surface area contributed by atoms with E-state index in [1.165, 1.54) is 0 Å². The second-order valence-electron chi connectivity index (χ2n) is 4.82. The van der Waals surface area contributed by atoms with Crippen LogP contribution in [0.2, 0.25) is 0 Å². The molecule has 7 nitrogen and oxygen atoms in total. The summed E-state index contributed by atoms with van der Waals surface area (Å²) in [5.41, 5.74) is 0.652. The van der Waals surface area contributed by atoms with Gasteiger partial charge in [0.15, 0.2) is 0 Å². The van der Waals surface area contributed by atoms with Gasteiger partial charge in [0, 0.05) is 13.3 Å². The molecule has 0 bridgehead atoms. The Bertz CT molecular complexity index is 500. The summed E-state index contributed by atoms with van der Waals surface area (Å²) in [6.45, 7) is 4.73. The van der Waals surface area contributed by atoms with Gasteiger partial charge < -0.3 is 10.1 Å². The van der Waals surface area contributed by atoms with Crippen molar-refractivity contribution < 1.29 is 14.3 Å². The topological polar surface area (TPSA) is 76.5 Å². The monoisotopic (exact) mass is 280 g/mol. The van der Waals surface area contributed by atoms with Crippen molar-refractivity contribution in [1.29, 1.82) is 0 Å². The van der Waals surface area contributed by atoms with E-state index in [0.29, 0.717) is 25.3 Å². The van der Waals surface area contributed by atoms with Crippen molar-refractivity contribution in [3.8, 4) is 0 Å². The number of carbonyl (C=O) groups is 2. The lowest BCUT2D eigenvalue weighted by Gasteiger charge is -2.36. The van der Waals surface area contributed by atoms with Crippen LogP contribution in [0, 0.1) is 0 Å². The second-order valence-corrected chi connectivity index (χ2v) is 4.82. The van der Waals surface area contributed by atoms with Gasteiger partial charge in [0.1, 0.15) is 12.1 Å². The van der Waals surface area contributed by atoms with Crippen molar-refractivity contribution in [3.63, 3.8) is 0 Å². The Balaban J connectivity index is 2.24. The van der Waals surface area contributed by atoms with Crippen molar-refractivity contribution >= 4 is 17.5 Å². The zero-order chi connectivity index (χ0) is 14.7. The smallest absolute Gasteiger partial charge is 0.250 e. The van der Waals surface area contributed by atoms with Gasteiger partial charge in [-0.25, -0.2) is 0 Å². The van der Waals surface area contributed by atoms with Crippen LogP contribution >= 0.6 is 0 Å². The number of carbonyl (C=O) groups excluding carboxylic acids is 2. The number of piperazine rings is 1. The van der Waals surface area contributed by atoms with Gasteiger partial charge in [-0.2, -0.15) is 5.10 Å². The van der Waals surface area contributed by atoms with Crippen LogP contribution in [0.1, 0.15) is 20.3 Å². The number of hydrogen-bond acceptors (Lipinski definition) is 4. The quantitative estimate of drug-likeness (QED) is 0.833. The molecule has 2 heterocycles. The molecule has 0 spiro atoms. The SMILES string of the molecule is CCC1C(=O)NC(C)C(=O)N1c1cnn(CCOC)c1. The zero-order valence-electron chi connectivity index (χ0n) is 12.0. The minimum Gasteiger partial charge on any atom is -0.383 e. The number of nitrogens with one attached hydrogen (secondary N) is 1. The second kappa shape index (κ2) is 6.04. The number of aromatic nitrogens is 2. The molecule has 1 aromatic heterocycles. The number of hydrogen-bond donors (Lipinski definition) is 1. The predicted molar refractivity (Wildman–Crippen MR) is 73.3 cm³/mol. The lowest BCUT2D eigenvalue weighted by Crippen LogP contribution is -2.62. The summed E-state index contributed by atoms with van der Waals surface area (Å²) in [6, 6.07) is -0.980. The summed E-state index contributed by atoms with van der Waals surface area (Å²) >= 11 is 0. The van der Waals surface area contributed by atoms with E-state index in [9.17, 15) is 9.59 Å². The van der Waals surface area contributed by atoms with Crippen LogP contribution in [0.4, 0.5) is 5.69 Å². The molecule has 1 aliphatic heterocycles. The standard InChI is InChI=1S/C13H20N4O3/c1-4-11-12(18)15-9(2)13(19)17(11)10-7-14-16(8-10)5-6-20-3/h7-9,11H,4-6H2,1-3H3,(H,15,18). The lowest BCUT2D eigenvalue weighted by atomic mass is 10.1. The molecule has 0 saturated carbocycles. The Labute approximate surface area is 117 Å². The summed E-state index contributed by atoms with van der Waals surface area (Å²) < 4.78 is 6.70. The van der Waals surface area contributed by atoms with Crippen molar-refractivity contribution in [1.82, 2.24) is 15.1 Å². The third-order valence-corrected chi connectivity index (χ3v) is 3.39. The van der Waals surface area contributed by atoms with Gasteiger partial charge in [-0.1, -0.05) is 6.92 Å². The highest BCUT2D eigenvalue weighted by Crippen LogP contribution is 2.22. The molecule has 2 unspecified atom stereocenters. The van der Waals surface area contributed by atoms with E-state index in [4.69, 9.17) is 4.74 Å². The number of amides is 2. The molecule has 2 rings (SSSR count). The first-order chi connectivity index (χ1) is 9.58. The van der Waals surface area contributed by atoms with E-state index in [1.807, 2.05) is 6.92 Å². The summed E-state index contributed by atoms with van der Waals surface area (Å²) in [5, 5.41) is 6.89. The zero-order valence-corrected chi connectivity index (χ0v) is 12.0. The third-order valence-electron chi connectivity index (χ3n) is 3.39. The first-order valence-corrected chi connectivity index (χ1v) is 6.73. The maximum absolute atomic E-state index is 12.3. The maximum atomic E-state index is 12.3. The van der Waals surface area contributed by atoms with E-state index < -0.39 is 12.1 Å². The summed E-state index contributed by atoms with van der Waals surface area (Å²) in [5.74, 6) is -0.230. The van der Waals surface area contributed by atoms with Gasteiger partial charge >= 0.3 is 0 Å². The number of methoxy groups -OCH3 is 1. The molecule has 1 saturated heterocycles. The van der Waals surface area contributed by atoms with Gasteiger partial charge in [-0.15, -0.1) is 0 Å². The van der Waals surface area contributed by atoms with Crippen LogP contribution in [0.15, 0.2) is 12.4 Å². The Morgan fingerprint density at radius 2 is 2.20 bits per heavy atom. The van der Waals surface area contributed by atoms with Gasteiger partial charge in [-0.05, 0) is 13.3 Å². The van der Waals surface area contributed by atoms with Gasteiger partial charge in [-0.3, -0.25) is 19.2 Å². The molecule has 20 heavy (non-hydrogen) atoms. The fraction of sp³-hybridized carbons (Fsp3) is 0.615. The minimum absolute atomic E-state index is 0.109. The van der Waals surface area contributed by atoms with Crippen LogP contribution in [0.3, 0.4) is 0 Å². The highest BCUT2D eigenvalue weighted by atomic mass is 16.5. The highest BCUT2D eigenvalue weighted by Gasteiger charge is 2.38. The fourth-order valence-electron chi connectivity index (χ4n) is 2.31. The normalized spacial score (nSPS) is 23.1. The summed E-state index contributed by atoms with van der Waals surface area (Å²) in [6.07, 6.45) is 3.94. The molecule has 0 aliphatic carbocycles. The largest absolute Gasteiger partial charge is 0.383 e. The number of ether oxygens (including phenoxy) is 1. The molecular formula is C13H20N4O3. The van der Waals surface area contributed by atoms with Crippen LogP contribution < -0.4 is 10.2 Å². The van der Waals surface area contributed by atoms with Gasteiger partial charge in [0.2, 0.25) is 11.8 Å². The molecule has 0 aromatic carbocycles. The lowest BCUT2D eigenvalue weighted by molar-refractivity contribution is -0.133. The van der Waals surface area contributed by atoms with E-state index in [0.717, 1.165) is 0 Å². The predicted octanol–water partition coefficient (Wildman–Crippen LogP) is 0.159. The van der Waals surface area contributed by atoms with E-state index in [-0.39, 0.29) is 11.8 Å². The Kier molecular flexibility index (Phi) is 4.39. The molecular weight excluding hydrogens is 260 g/mol. The highest BCUT2D eigenvalue weighted by molar-refractivity contribution is 6.08. The van der Waals surface area contributed by atoms with Gasteiger partial charge in [0.05, 0.1) is 25.0 Å². The average Bonchev–Trinajstić information content (AvgIpc) is 2.88. The Hall–Kier alpha value is -1.89.